The second kappa shape index (κ2) is 8.25. The van der Waals surface area contributed by atoms with Gasteiger partial charge in [0, 0.05) is 37.6 Å². The number of carbonyl (C=O) groups is 1. The first-order valence-electron chi connectivity index (χ1n) is 10.3. The average Bonchev–Trinajstić information content (AvgIpc) is 2.89. The van der Waals surface area contributed by atoms with Crippen LogP contribution in [0, 0.1) is 0 Å². The van der Waals surface area contributed by atoms with E-state index in [9.17, 15) is 9.90 Å². The lowest BCUT2D eigenvalue weighted by molar-refractivity contribution is -0.120. The summed E-state index contributed by atoms with van der Waals surface area (Å²) in [7, 11) is 0. The molecule has 0 spiro atoms. The number of aryl methyl sites for hydroxylation is 1. The van der Waals surface area contributed by atoms with E-state index in [-0.39, 0.29) is 17.9 Å². The molecule has 1 saturated heterocycles. The monoisotopic (exact) mass is 374 g/mol. The average molecular weight is 375 g/mol. The molecule has 3 rings (SSSR count). The van der Waals surface area contributed by atoms with Gasteiger partial charge >= 0.3 is 0 Å². The Balaban J connectivity index is 1.85. The van der Waals surface area contributed by atoms with Gasteiger partial charge in [-0.25, -0.2) is 0 Å². The zero-order chi connectivity index (χ0) is 19.6. The minimum absolute atomic E-state index is 0.0466. The fourth-order valence-corrected chi connectivity index (χ4v) is 4.22. The number of carbonyl (C=O) groups excluding carboxylic acids is 1. The zero-order valence-electron chi connectivity index (χ0n) is 17.2. The number of unbranched alkanes of at least 4 members (excludes halogenated alkanes) is 1. The van der Waals surface area contributed by atoms with Crippen LogP contribution in [-0.4, -0.2) is 59.7 Å². The minimum atomic E-state index is -0.199. The number of nitrogens with one attached hydrogen (secondary N) is 1. The van der Waals surface area contributed by atoms with E-state index in [2.05, 4.69) is 44.0 Å². The summed E-state index contributed by atoms with van der Waals surface area (Å²) in [4.78, 5) is 22.1. The van der Waals surface area contributed by atoms with E-state index in [0.717, 1.165) is 61.5 Å². The lowest BCUT2D eigenvalue weighted by Gasteiger charge is -2.32. The van der Waals surface area contributed by atoms with Gasteiger partial charge in [0.1, 0.15) is 0 Å². The van der Waals surface area contributed by atoms with Crippen LogP contribution in [0.2, 0.25) is 0 Å². The van der Waals surface area contributed by atoms with Gasteiger partial charge < -0.3 is 15.3 Å². The van der Waals surface area contributed by atoms with Crippen LogP contribution in [0.15, 0.2) is 6.07 Å². The lowest BCUT2D eigenvalue weighted by atomic mass is 9.90. The molecule has 3 heterocycles. The number of aliphatic hydroxyl groups is 1. The first-order chi connectivity index (χ1) is 12.9. The molecule has 27 heavy (non-hydrogen) atoms. The summed E-state index contributed by atoms with van der Waals surface area (Å²) < 4.78 is 0. The highest BCUT2D eigenvalue weighted by atomic mass is 16.3. The Kier molecular flexibility index (Phi) is 6.18. The maximum Gasteiger partial charge on any atom is 0.241 e. The molecule has 2 aliphatic rings. The van der Waals surface area contributed by atoms with Crippen LogP contribution in [0.4, 0.5) is 5.69 Å². The van der Waals surface area contributed by atoms with Crippen LogP contribution < -0.4 is 10.2 Å². The number of hydrogen-bond acceptors (Lipinski definition) is 5. The van der Waals surface area contributed by atoms with Gasteiger partial charge in [-0.2, -0.15) is 0 Å². The Morgan fingerprint density at radius 3 is 2.89 bits per heavy atom. The molecule has 0 unspecified atom stereocenters. The SMILES string of the molecule is CCCCc1cc2c(nc1CO)C(C)(C)CN2C(=O)CN1CCN[C@H](C)C1. The number of aromatic nitrogens is 1. The molecule has 1 amide bonds. The van der Waals surface area contributed by atoms with Crippen molar-refractivity contribution in [1.29, 1.82) is 0 Å². The van der Waals surface area contributed by atoms with Crippen molar-refractivity contribution < 1.29 is 9.90 Å². The van der Waals surface area contributed by atoms with Gasteiger partial charge in [0.25, 0.3) is 0 Å². The Labute approximate surface area is 163 Å². The number of hydrogen-bond donors (Lipinski definition) is 2. The first kappa shape index (κ1) is 20.2. The van der Waals surface area contributed by atoms with Crippen molar-refractivity contribution in [2.45, 2.75) is 65.0 Å². The number of amides is 1. The van der Waals surface area contributed by atoms with E-state index < -0.39 is 0 Å². The highest BCUT2D eigenvalue weighted by Gasteiger charge is 2.40. The third-order valence-corrected chi connectivity index (χ3v) is 5.72. The first-order valence-corrected chi connectivity index (χ1v) is 10.3. The van der Waals surface area contributed by atoms with Crippen molar-refractivity contribution in [3.63, 3.8) is 0 Å². The summed E-state index contributed by atoms with van der Waals surface area (Å²) in [5.41, 5.74) is 3.52. The minimum Gasteiger partial charge on any atom is -0.390 e. The van der Waals surface area contributed by atoms with E-state index in [4.69, 9.17) is 4.98 Å². The Morgan fingerprint density at radius 1 is 1.44 bits per heavy atom. The van der Waals surface area contributed by atoms with Crippen molar-refractivity contribution in [2.75, 3.05) is 37.6 Å². The molecule has 6 nitrogen and oxygen atoms in total. The molecule has 0 saturated carbocycles. The van der Waals surface area contributed by atoms with E-state index in [1.165, 1.54) is 0 Å². The van der Waals surface area contributed by atoms with Crippen LogP contribution in [0.25, 0.3) is 0 Å². The second-order valence-corrected chi connectivity index (χ2v) is 8.68. The Hall–Kier alpha value is -1.50. The Morgan fingerprint density at radius 2 is 2.22 bits per heavy atom. The molecule has 1 atom stereocenters. The largest absolute Gasteiger partial charge is 0.390 e. The summed E-state index contributed by atoms with van der Waals surface area (Å²) in [6.45, 7) is 12.4. The molecule has 2 aliphatic heterocycles. The fraction of sp³-hybridized carbons (Fsp3) is 0.714. The number of aliphatic hydroxyl groups excluding tert-OH is 1. The van der Waals surface area contributed by atoms with Crippen molar-refractivity contribution >= 4 is 11.6 Å². The number of piperazine rings is 1. The number of anilines is 1. The van der Waals surface area contributed by atoms with Crippen LogP contribution >= 0.6 is 0 Å². The second-order valence-electron chi connectivity index (χ2n) is 8.68. The smallest absolute Gasteiger partial charge is 0.241 e. The van der Waals surface area contributed by atoms with E-state index in [0.29, 0.717) is 19.1 Å². The summed E-state index contributed by atoms with van der Waals surface area (Å²) in [6, 6.07) is 2.53. The zero-order valence-corrected chi connectivity index (χ0v) is 17.2. The van der Waals surface area contributed by atoms with Crippen LogP contribution in [-0.2, 0) is 23.2 Å². The number of fused-ring (bicyclic) bond motifs is 1. The van der Waals surface area contributed by atoms with Gasteiger partial charge in [0.05, 0.1) is 30.2 Å². The highest BCUT2D eigenvalue weighted by Crippen LogP contribution is 2.40. The molecule has 0 aliphatic carbocycles. The van der Waals surface area contributed by atoms with E-state index in [1.54, 1.807) is 0 Å². The number of rotatable bonds is 6. The summed E-state index contributed by atoms with van der Waals surface area (Å²) >= 11 is 0. The number of pyridine rings is 1. The highest BCUT2D eigenvalue weighted by molar-refractivity contribution is 5.97. The molecule has 1 aromatic rings. The van der Waals surface area contributed by atoms with Crippen molar-refractivity contribution in [3.05, 3.63) is 23.0 Å². The normalized spacial score (nSPS) is 22.1. The molecular weight excluding hydrogens is 340 g/mol. The predicted molar refractivity (Wildman–Crippen MR) is 108 cm³/mol. The molecule has 1 aromatic heterocycles. The van der Waals surface area contributed by atoms with Gasteiger partial charge in [-0.15, -0.1) is 0 Å². The molecule has 1 fully saturated rings. The van der Waals surface area contributed by atoms with Crippen LogP contribution in [0.3, 0.4) is 0 Å². The summed E-state index contributed by atoms with van der Waals surface area (Å²) in [5.74, 6) is 0.149. The quantitative estimate of drug-likeness (QED) is 0.795. The Bertz CT molecular complexity index is 689. The third kappa shape index (κ3) is 4.33. The fourth-order valence-electron chi connectivity index (χ4n) is 4.22. The molecular formula is C21H34N4O2. The number of nitrogens with zero attached hydrogens (tertiary/aromatic N) is 3. The van der Waals surface area contributed by atoms with Crippen LogP contribution in [0.5, 0.6) is 0 Å². The maximum atomic E-state index is 13.1. The van der Waals surface area contributed by atoms with Gasteiger partial charge in [0.15, 0.2) is 0 Å². The molecule has 0 bridgehead atoms. The van der Waals surface area contributed by atoms with Gasteiger partial charge in [0.2, 0.25) is 5.91 Å². The lowest BCUT2D eigenvalue weighted by Crippen LogP contribution is -2.52. The van der Waals surface area contributed by atoms with Crippen molar-refractivity contribution in [3.8, 4) is 0 Å². The van der Waals surface area contributed by atoms with Crippen molar-refractivity contribution in [1.82, 2.24) is 15.2 Å². The maximum absolute atomic E-state index is 13.1. The van der Waals surface area contributed by atoms with Crippen LogP contribution in [0.1, 0.15) is 57.5 Å². The van der Waals surface area contributed by atoms with E-state index >= 15 is 0 Å². The third-order valence-electron chi connectivity index (χ3n) is 5.72. The summed E-state index contributed by atoms with van der Waals surface area (Å²) in [6.07, 6.45) is 3.05. The van der Waals surface area contributed by atoms with E-state index in [1.807, 2.05) is 4.90 Å². The topological polar surface area (TPSA) is 68.7 Å². The molecule has 2 N–H and O–H groups in total. The molecule has 6 heteroatoms. The van der Waals surface area contributed by atoms with Gasteiger partial charge in [-0.1, -0.05) is 27.2 Å². The van der Waals surface area contributed by atoms with Gasteiger partial charge in [-0.05, 0) is 31.4 Å². The standard InChI is InChI=1S/C21H34N4O2/c1-5-6-7-16-10-18-20(23-17(16)13-26)21(3,4)14-25(18)19(27)12-24-9-8-22-15(2)11-24/h10,15,22,26H,5-9,11-14H2,1-4H3/t15-/m1/s1. The molecule has 150 valence electrons. The predicted octanol–water partition coefficient (Wildman–Crippen LogP) is 1.83. The molecule has 0 radical (unpaired) electrons. The summed E-state index contributed by atoms with van der Waals surface area (Å²) in [5, 5.41) is 13.2. The van der Waals surface area contributed by atoms with Gasteiger partial charge in [-0.3, -0.25) is 14.7 Å². The van der Waals surface area contributed by atoms with Crippen molar-refractivity contribution in [2.24, 2.45) is 0 Å². The molecule has 0 aromatic carbocycles.